The van der Waals surface area contributed by atoms with Gasteiger partial charge in [0.2, 0.25) is 0 Å². The Kier molecular flexibility index (Phi) is 5.60. The largest absolute Gasteiger partial charge is 0.497 e. The quantitative estimate of drug-likeness (QED) is 0.830. The Balaban J connectivity index is 2.01. The van der Waals surface area contributed by atoms with Crippen LogP contribution in [0.4, 0.5) is 0 Å². The molecular formula is C18H20O5. The van der Waals surface area contributed by atoms with Gasteiger partial charge in [-0.25, -0.2) is 4.79 Å². The summed E-state index contributed by atoms with van der Waals surface area (Å²) in [5, 5.41) is 10.3. The van der Waals surface area contributed by atoms with Crippen molar-refractivity contribution >= 4 is 5.97 Å². The Bertz CT molecular complexity index is 633. The maximum atomic E-state index is 12.1. The van der Waals surface area contributed by atoms with Crippen LogP contribution in [0.3, 0.4) is 0 Å². The fraction of sp³-hybridized carbons (Fsp3) is 0.278. The predicted octanol–water partition coefficient (Wildman–Crippen LogP) is 2.98. The molecule has 0 amide bonds. The molecule has 23 heavy (non-hydrogen) atoms. The lowest BCUT2D eigenvalue weighted by Gasteiger charge is -2.20. The number of rotatable bonds is 6. The van der Waals surface area contributed by atoms with Gasteiger partial charge in [0.15, 0.2) is 0 Å². The van der Waals surface area contributed by atoms with Crippen molar-refractivity contribution in [2.24, 2.45) is 0 Å². The second-order valence-electron chi connectivity index (χ2n) is 5.06. The third kappa shape index (κ3) is 4.23. The average Bonchev–Trinajstić information content (AvgIpc) is 2.61. The summed E-state index contributed by atoms with van der Waals surface area (Å²) < 4.78 is 15.4. The first kappa shape index (κ1) is 16.8. The molecule has 2 aromatic rings. The highest BCUT2D eigenvalue weighted by Crippen LogP contribution is 2.23. The van der Waals surface area contributed by atoms with Crippen LogP contribution < -0.4 is 9.47 Å². The van der Waals surface area contributed by atoms with Gasteiger partial charge >= 0.3 is 5.97 Å². The van der Waals surface area contributed by atoms with Gasteiger partial charge in [-0.15, -0.1) is 0 Å². The Morgan fingerprint density at radius 2 is 1.39 bits per heavy atom. The summed E-state index contributed by atoms with van der Waals surface area (Å²) >= 11 is 0. The molecule has 122 valence electrons. The monoisotopic (exact) mass is 316 g/mol. The molecule has 5 heteroatoms. The molecule has 0 bridgehead atoms. The lowest BCUT2D eigenvalue weighted by molar-refractivity contribution is -0.0116. The van der Waals surface area contributed by atoms with Crippen molar-refractivity contribution in [2.45, 2.75) is 19.1 Å². The van der Waals surface area contributed by atoms with Gasteiger partial charge in [0, 0.05) is 0 Å². The van der Waals surface area contributed by atoms with Gasteiger partial charge in [-0.1, -0.05) is 12.1 Å². The van der Waals surface area contributed by atoms with Gasteiger partial charge in [0.05, 0.1) is 19.8 Å². The number of esters is 1. The van der Waals surface area contributed by atoms with Crippen LogP contribution in [0.1, 0.15) is 28.9 Å². The minimum absolute atomic E-state index is 0.402. The van der Waals surface area contributed by atoms with Crippen LogP contribution in [0.15, 0.2) is 48.5 Å². The molecule has 0 saturated carbocycles. The molecule has 2 atom stereocenters. The second kappa shape index (κ2) is 7.65. The molecule has 2 rings (SSSR count). The highest BCUT2D eigenvalue weighted by Gasteiger charge is 2.21. The summed E-state index contributed by atoms with van der Waals surface area (Å²) in [4.78, 5) is 12.1. The van der Waals surface area contributed by atoms with Crippen molar-refractivity contribution in [3.8, 4) is 11.5 Å². The zero-order valence-corrected chi connectivity index (χ0v) is 13.4. The molecule has 0 aliphatic heterocycles. The number of methoxy groups -OCH3 is 2. The molecule has 0 heterocycles. The molecule has 0 saturated heterocycles. The summed E-state index contributed by atoms with van der Waals surface area (Å²) in [5.74, 6) is 0.865. The molecule has 1 N–H and O–H groups in total. The first-order valence-electron chi connectivity index (χ1n) is 7.22. The van der Waals surface area contributed by atoms with E-state index >= 15 is 0 Å². The van der Waals surface area contributed by atoms with Crippen LogP contribution in [0.5, 0.6) is 11.5 Å². The fourth-order valence-electron chi connectivity index (χ4n) is 2.10. The van der Waals surface area contributed by atoms with Crippen molar-refractivity contribution in [2.75, 3.05) is 14.2 Å². The molecule has 0 spiro atoms. The lowest BCUT2D eigenvalue weighted by atomic mass is 10.1. The number of ether oxygens (including phenoxy) is 3. The van der Waals surface area contributed by atoms with E-state index in [0.717, 1.165) is 0 Å². The molecular weight excluding hydrogens is 296 g/mol. The van der Waals surface area contributed by atoms with Crippen molar-refractivity contribution in [3.05, 3.63) is 59.7 Å². The summed E-state index contributed by atoms with van der Waals surface area (Å²) in [6.07, 6.45) is -1.60. The number of aliphatic hydroxyl groups is 1. The Morgan fingerprint density at radius 1 is 0.913 bits per heavy atom. The number of aliphatic hydroxyl groups excluding tert-OH is 1. The average molecular weight is 316 g/mol. The van der Waals surface area contributed by atoms with E-state index < -0.39 is 18.2 Å². The van der Waals surface area contributed by atoms with Gasteiger partial charge in [0.25, 0.3) is 0 Å². The number of hydrogen-bond acceptors (Lipinski definition) is 5. The molecule has 0 aliphatic rings. The van der Waals surface area contributed by atoms with Crippen LogP contribution in [-0.4, -0.2) is 31.4 Å². The normalized spacial score (nSPS) is 13.0. The van der Waals surface area contributed by atoms with E-state index in [-0.39, 0.29) is 0 Å². The first-order chi connectivity index (χ1) is 11.0. The van der Waals surface area contributed by atoms with Crippen molar-refractivity contribution in [3.63, 3.8) is 0 Å². The van der Waals surface area contributed by atoms with E-state index in [2.05, 4.69) is 0 Å². The summed E-state index contributed by atoms with van der Waals surface area (Å²) in [6, 6.07) is 13.6. The van der Waals surface area contributed by atoms with Crippen LogP contribution in [0.25, 0.3) is 0 Å². The van der Waals surface area contributed by atoms with Crippen LogP contribution in [0, 0.1) is 0 Å². The number of hydrogen-bond donors (Lipinski definition) is 1. The number of carbonyl (C=O) groups excluding carboxylic acids is 1. The number of benzene rings is 2. The van der Waals surface area contributed by atoms with E-state index in [1.54, 1.807) is 69.7 Å². The third-order valence-corrected chi connectivity index (χ3v) is 3.52. The SMILES string of the molecule is COc1ccc(C(=O)O[C@H](C)[C@H](O)c2ccc(OC)cc2)cc1. The van der Waals surface area contributed by atoms with E-state index in [4.69, 9.17) is 14.2 Å². The van der Waals surface area contributed by atoms with E-state index in [1.807, 2.05) is 0 Å². The maximum Gasteiger partial charge on any atom is 0.338 e. The van der Waals surface area contributed by atoms with Crippen LogP contribution in [-0.2, 0) is 4.74 Å². The van der Waals surface area contributed by atoms with Crippen molar-refractivity contribution in [1.82, 2.24) is 0 Å². The van der Waals surface area contributed by atoms with Crippen LogP contribution >= 0.6 is 0 Å². The third-order valence-electron chi connectivity index (χ3n) is 3.52. The molecule has 0 unspecified atom stereocenters. The Hall–Kier alpha value is -2.53. The predicted molar refractivity (Wildman–Crippen MR) is 85.8 cm³/mol. The summed E-state index contributed by atoms with van der Waals surface area (Å²) in [6.45, 7) is 1.65. The van der Waals surface area contributed by atoms with E-state index in [0.29, 0.717) is 22.6 Å². The minimum Gasteiger partial charge on any atom is -0.497 e. The van der Waals surface area contributed by atoms with Gasteiger partial charge in [-0.2, -0.15) is 0 Å². The standard InChI is InChI=1S/C18H20O5/c1-12(17(19)13-4-8-15(21-2)9-5-13)23-18(20)14-6-10-16(22-3)11-7-14/h4-12,17,19H,1-3H3/t12-,17+/m1/s1. The topological polar surface area (TPSA) is 65.0 Å². The number of carbonyl (C=O) groups is 1. The van der Waals surface area contributed by atoms with Crippen molar-refractivity contribution < 1.29 is 24.1 Å². The molecule has 0 aromatic heterocycles. The van der Waals surface area contributed by atoms with E-state index in [9.17, 15) is 9.90 Å². The molecule has 0 radical (unpaired) electrons. The smallest absolute Gasteiger partial charge is 0.338 e. The molecule has 0 fully saturated rings. The van der Waals surface area contributed by atoms with Gasteiger partial charge in [-0.05, 0) is 48.9 Å². The van der Waals surface area contributed by atoms with E-state index in [1.165, 1.54) is 0 Å². The first-order valence-corrected chi connectivity index (χ1v) is 7.22. The van der Waals surface area contributed by atoms with Crippen LogP contribution in [0.2, 0.25) is 0 Å². The van der Waals surface area contributed by atoms with Gasteiger partial charge < -0.3 is 19.3 Å². The lowest BCUT2D eigenvalue weighted by Crippen LogP contribution is -2.22. The molecule has 0 aliphatic carbocycles. The van der Waals surface area contributed by atoms with Crippen molar-refractivity contribution in [1.29, 1.82) is 0 Å². The molecule has 2 aromatic carbocycles. The second-order valence-corrected chi connectivity index (χ2v) is 5.06. The highest BCUT2D eigenvalue weighted by molar-refractivity contribution is 5.89. The Labute approximate surface area is 135 Å². The highest BCUT2D eigenvalue weighted by atomic mass is 16.6. The summed E-state index contributed by atoms with van der Waals surface area (Å²) in [7, 11) is 3.13. The maximum absolute atomic E-state index is 12.1. The van der Waals surface area contributed by atoms with Gasteiger partial charge in [0.1, 0.15) is 23.7 Å². The molecule has 5 nitrogen and oxygen atoms in total. The zero-order chi connectivity index (χ0) is 16.8. The minimum atomic E-state index is -0.914. The zero-order valence-electron chi connectivity index (χ0n) is 13.4. The van der Waals surface area contributed by atoms with Gasteiger partial charge in [-0.3, -0.25) is 0 Å². The fourth-order valence-corrected chi connectivity index (χ4v) is 2.10. The summed E-state index contributed by atoms with van der Waals surface area (Å²) in [5.41, 5.74) is 1.06. The Morgan fingerprint density at radius 3 is 1.87 bits per heavy atom.